The van der Waals surface area contributed by atoms with Crippen molar-refractivity contribution in [3.63, 3.8) is 0 Å². The molecule has 0 radical (unpaired) electrons. The topological polar surface area (TPSA) is 64.1 Å². The van der Waals surface area contributed by atoms with E-state index in [1.807, 2.05) is 12.1 Å². The van der Waals surface area contributed by atoms with Gasteiger partial charge in [0, 0.05) is 10.6 Å². The first kappa shape index (κ1) is 18.1. The van der Waals surface area contributed by atoms with E-state index in [1.54, 1.807) is 54.1 Å². The summed E-state index contributed by atoms with van der Waals surface area (Å²) < 4.78 is 6.06. The summed E-state index contributed by atoms with van der Waals surface area (Å²) in [7, 11) is 0. The zero-order chi connectivity index (χ0) is 19.8. The Balaban J connectivity index is 1.36. The van der Waals surface area contributed by atoms with Crippen LogP contribution in [0.2, 0.25) is 5.02 Å². The van der Waals surface area contributed by atoms with Gasteiger partial charge in [-0.15, -0.1) is 11.3 Å². The van der Waals surface area contributed by atoms with E-state index in [0.29, 0.717) is 27.9 Å². The Kier molecular flexibility index (Phi) is 4.66. The van der Waals surface area contributed by atoms with E-state index in [4.69, 9.17) is 16.3 Å². The largest absolute Gasteiger partial charge is 0.438 e. The average molecular weight is 422 g/mol. The van der Waals surface area contributed by atoms with Crippen molar-refractivity contribution in [3.05, 3.63) is 75.9 Å². The van der Waals surface area contributed by atoms with Crippen LogP contribution in [0.15, 0.2) is 54.9 Å². The summed E-state index contributed by atoms with van der Waals surface area (Å²) in [5.74, 6) is 0.983. The maximum Gasteiger partial charge on any atom is 0.257 e. The Hall–Kier alpha value is -2.96. The summed E-state index contributed by atoms with van der Waals surface area (Å²) in [5, 5.41) is 4.29. The van der Waals surface area contributed by atoms with Crippen LogP contribution in [0.5, 0.6) is 11.6 Å². The number of thiophene rings is 1. The third kappa shape index (κ3) is 3.45. The van der Waals surface area contributed by atoms with E-state index < -0.39 is 0 Å². The molecule has 2 aromatic heterocycles. The molecule has 5 nitrogen and oxygen atoms in total. The van der Waals surface area contributed by atoms with Gasteiger partial charge in [-0.1, -0.05) is 23.7 Å². The number of aromatic nitrogens is 2. The van der Waals surface area contributed by atoms with Gasteiger partial charge in [-0.05, 0) is 61.2 Å². The van der Waals surface area contributed by atoms with Crippen LogP contribution in [0.1, 0.15) is 27.2 Å². The molecular formula is C22H16ClN3O2S. The first-order valence-corrected chi connectivity index (χ1v) is 10.5. The molecule has 0 fully saturated rings. The first-order chi connectivity index (χ1) is 14.2. The minimum Gasteiger partial charge on any atom is -0.438 e. The second kappa shape index (κ2) is 7.46. The van der Waals surface area contributed by atoms with Crippen LogP contribution in [0.4, 0.5) is 5.69 Å². The molecule has 4 aromatic rings. The number of halogens is 1. The normalized spacial score (nSPS) is 12.7. The number of amides is 1. The van der Waals surface area contributed by atoms with Gasteiger partial charge < -0.3 is 10.1 Å². The van der Waals surface area contributed by atoms with Gasteiger partial charge >= 0.3 is 0 Å². The fraction of sp³-hybridized carbons (Fsp3) is 0.136. The Morgan fingerprint density at radius 1 is 1.07 bits per heavy atom. The van der Waals surface area contributed by atoms with E-state index in [1.165, 1.54) is 16.9 Å². The molecule has 0 atom stereocenters. The van der Waals surface area contributed by atoms with Crippen molar-refractivity contribution in [3.8, 4) is 11.6 Å². The molecule has 0 saturated heterocycles. The minimum absolute atomic E-state index is 0.254. The van der Waals surface area contributed by atoms with Gasteiger partial charge in [-0.3, -0.25) is 4.79 Å². The Morgan fingerprint density at radius 3 is 2.72 bits per heavy atom. The predicted octanol–water partition coefficient (Wildman–Crippen LogP) is 5.88. The Bertz CT molecular complexity index is 1220. The van der Waals surface area contributed by atoms with Crippen molar-refractivity contribution in [2.75, 3.05) is 5.32 Å². The van der Waals surface area contributed by atoms with Crippen LogP contribution in [0.3, 0.4) is 0 Å². The number of nitrogens with zero attached hydrogens (tertiary/aromatic N) is 2. The third-order valence-corrected chi connectivity index (χ3v) is 6.44. The molecule has 0 saturated carbocycles. The Labute approximate surface area is 176 Å². The molecular weight excluding hydrogens is 406 g/mol. The second-order valence-corrected chi connectivity index (χ2v) is 8.27. The maximum atomic E-state index is 12.4. The molecule has 29 heavy (non-hydrogen) atoms. The lowest BCUT2D eigenvalue weighted by Crippen LogP contribution is -2.12. The number of fused-ring (bicyclic) bond motifs is 3. The average Bonchev–Trinajstić information content (AvgIpc) is 3.31. The summed E-state index contributed by atoms with van der Waals surface area (Å²) in [5.41, 5.74) is 2.42. The van der Waals surface area contributed by atoms with Crippen LogP contribution in [-0.4, -0.2) is 15.9 Å². The highest BCUT2D eigenvalue weighted by Gasteiger charge is 2.22. The monoisotopic (exact) mass is 421 g/mol. The van der Waals surface area contributed by atoms with Crippen molar-refractivity contribution in [1.29, 1.82) is 0 Å². The summed E-state index contributed by atoms with van der Waals surface area (Å²) in [4.78, 5) is 23.5. The number of carbonyl (C=O) groups excluding carboxylic acids is 1. The molecule has 0 aliphatic heterocycles. The number of aryl methyl sites for hydroxylation is 2. The van der Waals surface area contributed by atoms with Gasteiger partial charge in [-0.2, -0.15) is 0 Å². The maximum absolute atomic E-state index is 12.4. The van der Waals surface area contributed by atoms with Crippen LogP contribution in [0.25, 0.3) is 10.2 Å². The van der Waals surface area contributed by atoms with Gasteiger partial charge in [0.2, 0.25) is 5.88 Å². The van der Waals surface area contributed by atoms with Crippen molar-refractivity contribution in [1.82, 2.24) is 9.97 Å². The number of ether oxygens (including phenoxy) is 1. The molecule has 5 rings (SSSR count). The summed E-state index contributed by atoms with van der Waals surface area (Å²) in [6, 6.07) is 14.2. The second-order valence-electron chi connectivity index (χ2n) is 6.78. The summed E-state index contributed by atoms with van der Waals surface area (Å²) >= 11 is 7.82. The van der Waals surface area contributed by atoms with Gasteiger partial charge in [0.25, 0.3) is 5.91 Å². The zero-order valence-corrected chi connectivity index (χ0v) is 16.9. The lowest BCUT2D eigenvalue weighted by molar-refractivity contribution is 0.102. The summed E-state index contributed by atoms with van der Waals surface area (Å²) in [6.07, 6.45) is 4.87. The lowest BCUT2D eigenvalue weighted by atomic mass is 10.2. The number of benzene rings is 2. The molecule has 2 aromatic carbocycles. The number of hydrogen-bond donors (Lipinski definition) is 1. The van der Waals surface area contributed by atoms with Crippen molar-refractivity contribution in [2.24, 2.45) is 0 Å². The Morgan fingerprint density at radius 2 is 1.90 bits per heavy atom. The molecule has 1 N–H and O–H groups in total. The number of carbonyl (C=O) groups is 1. The lowest BCUT2D eigenvalue weighted by Gasteiger charge is -2.09. The highest BCUT2D eigenvalue weighted by molar-refractivity contribution is 7.18. The number of anilines is 1. The van der Waals surface area contributed by atoms with Crippen molar-refractivity contribution in [2.45, 2.75) is 19.3 Å². The van der Waals surface area contributed by atoms with E-state index in [9.17, 15) is 4.79 Å². The zero-order valence-electron chi connectivity index (χ0n) is 15.3. The standard InChI is InChI=1S/C22H16ClN3O2S/c23-17-6-2-1-4-15(17)20(27)26-13-8-10-14(11-9-13)28-21-19-16-5-3-7-18(16)29-22(19)25-12-24-21/h1-2,4,6,8-12H,3,5,7H2,(H,26,27). The van der Waals surface area contributed by atoms with Crippen LogP contribution < -0.4 is 10.1 Å². The van der Waals surface area contributed by atoms with Crippen LogP contribution >= 0.6 is 22.9 Å². The SMILES string of the molecule is O=C(Nc1ccc(Oc2ncnc3sc4c(c23)CCC4)cc1)c1ccccc1Cl. The highest BCUT2D eigenvalue weighted by atomic mass is 35.5. The van der Waals surface area contributed by atoms with E-state index in [2.05, 4.69) is 15.3 Å². The van der Waals surface area contributed by atoms with Gasteiger partial charge in [0.1, 0.15) is 16.9 Å². The van der Waals surface area contributed by atoms with Gasteiger partial charge in [-0.25, -0.2) is 9.97 Å². The van der Waals surface area contributed by atoms with Crippen molar-refractivity contribution < 1.29 is 9.53 Å². The molecule has 0 spiro atoms. The van der Waals surface area contributed by atoms with E-state index in [0.717, 1.165) is 23.1 Å². The molecule has 144 valence electrons. The molecule has 1 amide bonds. The highest BCUT2D eigenvalue weighted by Crippen LogP contribution is 2.41. The minimum atomic E-state index is -0.254. The molecule has 1 aliphatic rings. The summed E-state index contributed by atoms with van der Waals surface area (Å²) in [6.45, 7) is 0. The number of nitrogens with one attached hydrogen (secondary N) is 1. The third-order valence-electron chi connectivity index (χ3n) is 4.91. The van der Waals surface area contributed by atoms with Crippen LogP contribution in [0, 0.1) is 0 Å². The van der Waals surface area contributed by atoms with E-state index >= 15 is 0 Å². The molecule has 1 aliphatic carbocycles. The first-order valence-electron chi connectivity index (χ1n) is 9.28. The van der Waals surface area contributed by atoms with Crippen molar-refractivity contribution >= 4 is 44.7 Å². The molecule has 0 unspecified atom stereocenters. The molecule has 0 bridgehead atoms. The quantitative estimate of drug-likeness (QED) is 0.447. The van der Waals surface area contributed by atoms with E-state index in [-0.39, 0.29) is 5.91 Å². The fourth-order valence-corrected chi connectivity index (χ4v) is 4.98. The molecule has 7 heteroatoms. The molecule has 2 heterocycles. The number of hydrogen-bond acceptors (Lipinski definition) is 5. The fourth-order valence-electron chi connectivity index (χ4n) is 3.54. The van der Waals surface area contributed by atoms with Crippen LogP contribution in [-0.2, 0) is 12.8 Å². The smallest absolute Gasteiger partial charge is 0.257 e. The predicted molar refractivity (Wildman–Crippen MR) is 115 cm³/mol. The number of rotatable bonds is 4. The van der Waals surface area contributed by atoms with Gasteiger partial charge in [0.05, 0.1) is 16.0 Å². The van der Waals surface area contributed by atoms with Gasteiger partial charge in [0.15, 0.2) is 0 Å².